The van der Waals surface area contributed by atoms with Gasteiger partial charge in [-0.1, -0.05) is 24.0 Å². The van der Waals surface area contributed by atoms with Gasteiger partial charge in [-0.2, -0.15) is 0 Å². The van der Waals surface area contributed by atoms with Gasteiger partial charge in [0.15, 0.2) is 11.6 Å². The van der Waals surface area contributed by atoms with Crippen molar-refractivity contribution in [2.75, 3.05) is 6.54 Å². The second-order valence-electron chi connectivity index (χ2n) is 3.48. The smallest absolute Gasteiger partial charge is 0.165 e. The summed E-state index contributed by atoms with van der Waals surface area (Å²) in [6, 6.07) is 8.26. The number of halogens is 1. The molecule has 4 heteroatoms. The minimum Gasteiger partial charge on any atom is -0.485 e. The molecule has 2 rings (SSSR count). The maximum Gasteiger partial charge on any atom is 0.165 e. The van der Waals surface area contributed by atoms with E-state index in [1.165, 1.54) is 17.4 Å². The van der Waals surface area contributed by atoms with Gasteiger partial charge in [0.1, 0.15) is 6.61 Å². The van der Waals surface area contributed by atoms with Crippen LogP contribution in [0, 0.1) is 17.7 Å². The SMILES string of the molecule is NCC#Cc1ccsc1COc1ccccc1F. The maximum atomic E-state index is 13.4. The predicted octanol–water partition coefficient (Wildman–Crippen LogP) is 2.78. The minimum absolute atomic E-state index is 0.253. The summed E-state index contributed by atoms with van der Waals surface area (Å²) in [5, 5.41) is 1.93. The second kappa shape index (κ2) is 6.20. The molecule has 0 aliphatic carbocycles. The van der Waals surface area contributed by atoms with E-state index in [4.69, 9.17) is 10.5 Å². The second-order valence-corrected chi connectivity index (χ2v) is 4.48. The summed E-state index contributed by atoms with van der Waals surface area (Å²) < 4.78 is 18.8. The van der Waals surface area contributed by atoms with Gasteiger partial charge in [0.25, 0.3) is 0 Å². The van der Waals surface area contributed by atoms with Crippen molar-refractivity contribution in [2.45, 2.75) is 6.61 Å². The highest BCUT2D eigenvalue weighted by atomic mass is 32.1. The van der Waals surface area contributed by atoms with Crippen LogP contribution in [0.1, 0.15) is 10.4 Å². The van der Waals surface area contributed by atoms with E-state index in [0.717, 1.165) is 10.4 Å². The number of ether oxygens (including phenoxy) is 1. The van der Waals surface area contributed by atoms with Gasteiger partial charge in [0.05, 0.1) is 11.4 Å². The zero-order chi connectivity index (χ0) is 12.8. The Morgan fingerprint density at radius 3 is 2.89 bits per heavy atom. The molecular formula is C14H12FNOS. The van der Waals surface area contributed by atoms with Crippen LogP contribution >= 0.6 is 11.3 Å². The van der Waals surface area contributed by atoms with E-state index in [2.05, 4.69) is 11.8 Å². The first-order valence-electron chi connectivity index (χ1n) is 5.44. The van der Waals surface area contributed by atoms with Gasteiger partial charge in [-0.25, -0.2) is 4.39 Å². The average Bonchev–Trinajstić information content (AvgIpc) is 2.83. The molecule has 1 aromatic carbocycles. The molecule has 0 unspecified atom stereocenters. The Labute approximate surface area is 109 Å². The molecule has 0 aliphatic heterocycles. The van der Waals surface area contributed by atoms with Gasteiger partial charge in [-0.3, -0.25) is 0 Å². The molecule has 1 aromatic heterocycles. The molecule has 92 valence electrons. The molecular weight excluding hydrogens is 249 g/mol. The van der Waals surface area contributed by atoms with Crippen molar-refractivity contribution in [3.8, 4) is 17.6 Å². The summed E-state index contributed by atoms with van der Waals surface area (Å²) >= 11 is 1.53. The van der Waals surface area contributed by atoms with E-state index in [9.17, 15) is 4.39 Å². The number of hydrogen-bond donors (Lipinski definition) is 1. The highest BCUT2D eigenvalue weighted by Crippen LogP contribution is 2.21. The Bertz CT molecular complexity index is 583. The van der Waals surface area contributed by atoms with Crippen LogP contribution in [0.25, 0.3) is 0 Å². The van der Waals surface area contributed by atoms with Gasteiger partial charge in [0, 0.05) is 5.56 Å². The van der Waals surface area contributed by atoms with Gasteiger partial charge in [-0.15, -0.1) is 11.3 Å². The molecule has 0 saturated heterocycles. The lowest BCUT2D eigenvalue weighted by Gasteiger charge is -2.05. The lowest BCUT2D eigenvalue weighted by atomic mass is 10.2. The number of hydrogen-bond acceptors (Lipinski definition) is 3. The fourth-order valence-corrected chi connectivity index (χ4v) is 2.16. The summed E-state index contributed by atoms with van der Waals surface area (Å²) in [4.78, 5) is 0.971. The first-order valence-corrected chi connectivity index (χ1v) is 6.32. The molecule has 2 aromatic rings. The quantitative estimate of drug-likeness (QED) is 0.862. The number of rotatable bonds is 3. The normalized spacial score (nSPS) is 9.67. The van der Waals surface area contributed by atoms with E-state index in [1.54, 1.807) is 18.2 Å². The van der Waals surface area contributed by atoms with Crippen molar-refractivity contribution in [1.29, 1.82) is 0 Å². The van der Waals surface area contributed by atoms with E-state index < -0.39 is 0 Å². The fraction of sp³-hybridized carbons (Fsp3) is 0.143. The van der Waals surface area contributed by atoms with Crippen molar-refractivity contribution < 1.29 is 9.13 Å². The number of benzene rings is 1. The van der Waals surface area contributed by atoms with Crippen LogP contribution in [0.3, 0.4) is 0 Å². The summed E-state index contributed by atoms with van der Waals surface area (Å²) in [5.74, 6) is 5.66. The number of para-hydroxylation sites is 1. The van der Waals surface area contributed by atoms with Crippen LogP contribution in [0.4, 0.5) is 4.39 Å². The van der Waals surface area contributed by atoms with Crippen LogP contribution < -0.4 is 10.5 Å². The monoisotopic (exact) mass is 261 g/mol. The number of nitrogens with two attached hydrogens (primary N) is 1. The van der Waals surface area contributed by atoms with Crippen molar-refractivity contribution >= 4 is 11.3 Å². The molecule has 0 fully saturated rings. The van der Waals surface area contributed by atoms with E-state index >= 15 is 0 Å². The highest BCUT2D eigenvalue weighted by Gasteiger charge is 2.05. The third-order valence-corrected chi connectivity index (χ3v) is 3.16. The van der Waals surface area contributed by atoms with Crippen molar-refractivity contribution in [3.63, 3.8) is 0 Å². The lowest BCUT2D eigenvalue weighted by molar-refractivity contribution is 0.293. The molecule has 0 spiro atoms. The third kappa shape index (κ3) is 3.10. The summed E-state index contributed by atoms with van der Waals surface area (Å²) in [6.07, 6.45) is 0. The molecule has 0 aliphatic rings. The molecule has 0 amide bonds. The van der Waals surface area contributed by atoms with Crippen LogP contribution in [-0.4, -0.2) is 6.54 Å². The molecule has 1 heterocycles. The van der Waals surface area contributed by atoms with Gasteiger partial charge < -0.3 is 10.5 Å². The summed E-state index contributed by atoms with van der Waals surface area (Å²) in [7, 11) is 0. The Balaban J connectivity index is 2.07. The molecule has 0 radical (unpaired) electrons. The van der Waals surface area contributed by atoms with Crippen molar-refractivity contribution in [1.82, 2.24) is 0 Å². The zero-order valence-electron chi connectivity index (χ0n) is 9.65. The Kier molecular flexibility index (Phi) is 4.35. The van der Waals surface area contributed by atoms with E-state index in [1.807, 2.05) is 11.4 Å². The highest BCUT2D eigenvalue weighted by molar-refractivity contribution is 7.10. The third-order valence-electron chi connectivity index (χ3n) is 2.27. The standard InChI is InChI=1S/C14H12FNOS/c15-12-5-1-2-6-13(12)17-10-14-11(4-3-8-16)7-9-18-14/h1-2,5-7,9H,8,10,16H2. The van der Waals surface area contributed by atoms with Crippen LogP contribution in [-0.2, 0) is 6.61 Å². The predicted molar refractivity (Wildman–Crippen MR) is 71.0 cm³/mol. The molecule has 0 saturated carbocycles. The summed E-state index contributed by atoms with van der Waals surface area (Å²) in [6.45, 7) is 0.636. The Hall–Kier alpha value is -1.83. The molecule has 2 nitrogen and oxygen atoms in total. The largest absolute Gasteiger partial charge is 0.485 e. The minimum atomic E-state index is -0.358. The molecule has 2 N–H and O–H groups in total. The first kappa shape index (κ1) is 12.6. The first-order chi connectivity index (χ1) is 8.81. The van der Waals surface area contributed by atoms with Gasteiger partial charge in [-0.05, 0) is 23.6 Å². The van der Waals surface area contributed by atoms with Crippen LogP contribution in [0.5, 0.6) is 5.75 Å². The van der Waals surface area contributed by atoms with E-state index in [-0.39, 0.29) is 11.6 Å². The molecule has 18 heavy (non-hydrogen) atoms. The lowest BCUT2D eigenvalue weighted by Crippen LogP contribution is -1.97. The fourth-order valence-electron chi connectivity index (χ4n) is 1.42. The Morgan fingerprint density at radius 1 is 1.28 bits per heavy atom. The van der Waals surface area contributed by atoms with Crippen molar-refractivity contribution in [3.05, 3.63) is 52.0 Å². The van der Waals surface area contributed by atoms with E-state index in [0.29, 0.717) is 13.2 Å². The number of thiophene rings is 1. The topological polar surface area (TPSA) is 35.2 Å². The maximum absolute atomic E-state index is 13.4. The summed E-state index contributed by atoms with van der Waals surface area (Å²) in [5.41, 5.74) is 6.22. The van der Waals surface area contributed by atoms with Crippen molar-refractivity contribution in [2.24, 2.45) is 5.73 Å². The molecule has 0 atom stereocenters. The average molecular weight is 261 g/mol. The Morgan fingerprint density at radius 2 is 2.11 bits per heavy atom. The van der Waals surface area contributed by atoms with Gasteiger partial charge in [0.2, 0.25) is 0 Å². The molecule has 0 bridgehead atoms. The van der Waals surface area contributed by atoms with Crippen LogP contribution in [0.2, 0.25) is 0 Å². The van der Waals surface area contributed by atoms with Gasteiger partial charge >= 0.3 is 0 Å². The zero-order valence-corrected chi connectivity index (χ0v) is 10.5. The van der Waals surface area contributed by atoms with Crippen LogP contribution in [0.15, 0.2) is 35.7 Å².